The van der Waals surface area contributed by atoms with Gasteiger partial charge in [0.05, 0.1) is 17.5 Å². The minimum Gasteiger partial charge on any atom is -0.339 e. The zero-order valence-corrected chi connectivity index (χ0v) is 12.6. The third-order valence-electron chi connectivity index (χ3n) is 3.02. The molecular formula is C13H20N2O3S. The maximum absolute atomic E-state index is 12.4. The van der Waals surface area contributed by atoms with Crippen LogP contribution in [0.15, 0.2) is 24.3 Å². The molecule has 0 N–H and O–H groups in total. The van der Waals surface area contributed by atoms with E-state index in [9.17, 15) is 13.2 Å². The van der Waals surface area contributed by atoms with Gasteiger partial charge in [0, 0.05) is 20.1 Å². The zero-order chi connectivity index (χ0) is 14.6. The Morgan fingerprint density at radius 3 is 2.16 bits per heavy atom. The van der Waals surface area contributed by atoms with E-state index in [4.69, 9.17) is 0 Å². The van der Waals surface area contributed by atoms with Crippen LogP contribution < -0.4 is 4.31 Å². The minimum absolute atomic E-state index is 0.156. The van der Waals surface area contributed by atoms with Crippen molar-refractivity contribution in [3.05, 3.63) is 29.8 Å². The van der Waals surface area contributed by atoms with E-state index in [1.54, 1.807) is 29.2 Å². The second kappa shape index (κ2) is 6.06. The van der Waals surface area contributed by atoms with Gasteiger partial charge in [-0.2, -0.15) is 0 Å². The van der Waals surface area contributed by atoms with E-state index in [0.29, 0.717) is 24.3 Å². The molecule has 0 saturated carbocycles. The number of hydrogen-bond acceptors (Lipinski definition) is 3. The summed E-state index contributed by atoms with van der Waals surface area (Å²) in [5, 5.41) is 0. The van der Waals surface area contributed by atoms with Crippen LogP contribution in [0.2, 0.25) is 0 Å². The lowest BCUT2D eigenvalue weighted by Crippen LogP contribution is -2.33. The summed E-state index contributed by atoms with van der Waals surface area (Å²) in [4.78, 5) is 14.0. The van der Waals surface area contributed by atoms with Crippen molar-refractivity contribution < 1.29 is 13.2 Å². The predicted molar refractivity (Wildman–Crippen MR) is 76.9 cm³/mol. The average Bonchev–Trinajstić information content (AvgIpc) is 2.38. The van der Waals surface area contributed by atoms with Crippen molar-refractivity contribution in [1.29, 1.82) is 0 Å². The molecule has 5 nitrogen and oxygen atoms in total. The topological polar surface area (TPSA) is 57.7 Å². The lowest BCUT2D eigenvalue weighted by molar-refractivity contribution is 0.0774. The summed E-state index contributed by atoms with van der Waals surface area (Å²) in [6.45, 7) is 4.97. The maximum Gasteiger partial charge on any atom is 0.255 e. The fourth-order valence-electron chi connectivity index (χ4n) is 1.79. The molecule has 0 atom stereocenters. The number of hydrogen-bond donors (Lipinski definition) is 0. The number of sulfonamides is 1. The van der Waals surface area contributed by atoms with Gasteiger partial charge in [-0.25, -0.2) is 8.42 Å². The first kappa shape index (κ1) is 15.5. The van der Waals surface area contributed by atoms with Crippen LogP contribution >= 0.6 is 0 Å². The minimum atomic E-state index is -3.39. The van der Waals surface area contributed by atoms with E-state index in [1.165, 1.54) is 7.05 Å². The van der Waals surface area contributed by atoms with E-state index in [1.807, 2.05) is 13.8 Å². The van der Waals surface area contributed by atoms with Gasteiger partial charge in [0.25, 0.3) is 5.91 Å². The van der Waals surface area contributed by atoms with E-state index in [0.717, 1.165) is 10.6 Å². The second-order valence-corrected chi connectivity index (χ2v) is 6.24. The van der Waals surface area contributed by atoms with Gasteiger partial charge < -0.3 is 4.90 Å². The fourth-order valence-corrected chi connectivity index (χ4v) is 2.31. The summed E-state index contributed by atoms with van der Waals surface area (Å²) in [5.74, 6) is -0.156. The Labute approximate surface area is 114 Å². The quantitative estimate of drug-likeness (QED) is 0.824. The van der Waals surface area contributed by atoms with Crippen LogP contribution in [0.4, 0.5) is 5.69 Å². The molecule has 19 heavy (non-hydrogen) atoms. The molecule has 0 aromatic heterocycles. The van der Waals surface area contributed by atoms with Gasteiger partial charge in [-0.05, 0) is 26.0 Å². The Balaban J connectivity index is 3.27. The van der Waals surface area contributed by atoms with Gasteiger partial charge in [0.1, 0.15) is 0 Å². The number of amides is 1. The van der Waals surface area contributed by atoms with Gasteiger partial charge in [-0.15, -0.1) is 0 Å². The molecule has 0 fully saturated rings. The number of rotatable bonds is 5. The predicted octanol–water partition coefficient (Wildman–Crippen LogP) is 1.56. The van der Waals surface area contributed by atoms with Crippen LogP contribution in [0.3, 0.4) is 0 Å². The van der Waals surface area contributed by atoms with Crippen molar-refractivity contribution in [2.45, 2.75) is 13.8 Å². The number of anilines is 1. The molecule has 6 heteroatoms. The smallest absolute Gasteiger partial charge is 0.255 e. The number of carbonyl (C=O) groups excluding carboxylic acids is 1. The molecule has 1 aromatic rings. The highest BCUT2D eigenvalue weighted by atomic mass is 32.2. The lowest BCUT2D eigenvalue weighted by atomic mass is 10.1. The summed E-state index contributed by atoms with van der Waals surface area (Å²) >= 11 is 0. The molecule has 0 heterocycles. The summed E-state index contributed by atoms with van der Waals surface area (Å²) in [7, 11) is -1.94. The molecule has 0 aliphatic carbocycles. The highest BCUT2D eigenvalue weighted by molar-refractivity contribution is 7.92. The Bertz CT molecular complexity index is 551. The van der Waals surface area contributed by atoms with Crippen LogP contribution in [-0.2, 0) is 10.0 Å². The van der Waals surface area contributed by atoms with Crippen LogP contribution in [0.5, 0.6) is 0 Å². The van der Waals surface area contributed by atoms with Crippen molar-refractivity contribution in [2.75, 3.05) is 30.7 Å². The lowest BCUT2D eigenvalue weighted by Gasteiger charge is -2.24. The molecule has 1 rings (SSSR count). The highest BCUT2D eigenvalue weighted by Crippen LogP contribution is 2.22. The van der Waals surface area contributed by atoms with Crippen LogP contribution in [0.25, 0.3) is 0 Å². The summed E-state index contributed by atoms with van der Waals surface area (Å²) in [6.07, 6.45) is 1.12. The highest BCUT2D eigenvalue weighted by Gasteiger charge is 2.21. The number of para-hydroxylation sites is 1. The molecule has 0 aliphatic heterocycles. The first-order valence-corrected chi connectivity index (χ1v) is 8.00. The first-order chi connectivity index (χ1) is 8.82. The van der Waals surface area contributed by atoms with Crippen molar-refractivity contribution >= 4 is 21.6 Å². The summed E-state index contributed by atoms with van der Waals surface area (Å²) in [5.41, 5.74) is 0.807. The van der Waals surface area contributed by atoms with Crippen molar-refractivity contribution in [2.24, 2.45) is 0 Å². The average molecular weight is 284 g/mol. The number of benzene rings is 1. The molecular weight excluding hydrogens is 264 g/mol. The van der Waals surface area contributed by atoms with Crippen molar-refractivity contribution in [1.82, 2.24) is 4.90 Å². The Hall–Kier alpha value is -1.56. The largest absolute Gasteiger partial charge is 0.339 e. The number of carbonyl (C=O) groups is 1. The Kier molecular flexibility index (Phi) is 4.94. The van der Waals surface area contributed by atoms with E-state index in [2.05, 4.69) is 0 Å². The van der Waals surface area contributed by atoms with Gasteiger partial charge >= 0.3 is 0 Å². The standard InChI is InChI=1S/C13H20N2O3S/c1-5-15(6-2)13(16)11-9-7-8-10-12(11)14(3)19(4,17)18/h7-10H,5-6H2,1-4H3. The third-order valence-corrected chi connectivity index (χ3v) is 4.21. The van der Waals surface area contributed by atoms with E-state index in [-0.39, 0.29) is 5.91 Å². The van der Waals surface area contributed by atoms with E-state index >= 15 is 0 Å². The zero-order valence-electron chi connectivity index (χ0n) is 11.8. The number of nitrogens with zero attached hydrogens (tertiary/aromatic N) is 2. The normalized spacial score (nSPS) is 11.2. The molecule has 106 valence electrons. The van der Waals surface area contributed by atoms with E-state index < -0.39 is 10.0 Å². The van der Waals surface area contributed by atoms with Gasteiger partial charge in [0.2, 0.25) is 10.0 Å². The SMILES string of the molecule is CCN(CC)C(=O)c1ccccc1N(C)S(C)(=O)=O. The van der Waals surface area contributed by atoms with Crippen LogP contribution in [-0.4, -0.2) is 45.6 Å². The van der Waals surface area contributed by atoms with Crippen molar-refractivity contribution in [3.8, 4) is 0 Å². The monoisotopic (exact) mass is 284 g/mol. The van der Waals surface area contributed by atoms with Gasteiger partial charge in [0.15, 0.2) is 0 Å². The summed E-state index contributed by atoms with van der Waals surface area (Å²) < 4.78 is 24.4. The third kappa shape index (κ3) is 3.47. The fraction of sp³-hybridized carbons (Fsp3) is 0.462. The van der Waals surface area contributed by atoms with Gasteiger partial charge in [-0.1, -0.05) is 12.1 Å². The Morgan fingerprint density at radius 1 is 1.16 bits per heavy atom. The van der Waals surface area contributed by atoms with Crippen LogP contribution in [0.1, 0.15) is 24.2 Å². The molecule has 0 radical (unpaired) electrons. The second-order valence-electron chi connectivity index (χ2n) is 4.23. The molecule has 1 amide bonds. The molecule has 1 aromatic carbocycles. The van der Waals surface area contributed by atoms with Gasteiger partial charge in [-0.3, -0.25) is 9.10 Å². The molecule has 0 spiro atoms. The molecule has 0 unspecified atom stereocenters. The van der Waals surface area contributed by atoms with Crippen LogP contribution in [0, 0.1) is 0 Å². The first-order valence-electron chi connectivity index (χ1n) is 6.15. The van der Waals surface area contributed by atoms with Crippen molar-refractivity contribution in [3.63, 3.8) is 0 Å². The molecule has 0 saturated heterocycles. The Morgan fingerprint density at radius 2 is 1.68 bits per heavy atom. The summed E-state index contributed by atoms with van der Waals surface area (Å²) in [6, 6.07) is 6.74. The molecule has 0 bridgehead atoms. The molecule has 0 aliphatic rings. The maximum atomic E-state index is 12.4.